The highest BCUT2D eigenvalue weighted by molar-refractivity contribution is 6.31. The van der Waals surface area contributed by atoms with E-state index in [1.165, 1.54) is 0 Å². The fraction of sp³-hybridized carbons (Fsp3) is 0.235. The standard InChI is InChI=1S/C17H14ClNO3/c18-14-7-3-1-5-12(14)11-19-15-8-4-2-6-13(15)17(16(19)20)21-9-10-22-17/h1-8H,9-11H2. The molecule has 5 heteroatoms. The molecule has 0 bridgehead atoms. The Morgan fingerprint density at radius 3 is 2.50 bits per heavy atom. The molecule has 1 saturated heterocycles. The van der Waals surface area contributed by atoms with E-state index in [4.69, 9.17) is 21.1 Å². The number of para-hydroxylation sites is 1. The molecule has 4 rings (SSSR count). The van der Waals surface area contributed by atoms with E-state index >= 15 is 0 Å². The lowest BCUT2D eigenvalue weighted by atomic mass is 10.1. The number of amides is 1. The molecule has 2 aliphatic rings. The number of carbonyl (C=O) groups excluding carboxylic acids is 1. The molecule has 112 valence electrons. The van der Waals surface area contributed by atoms with E-state index in [1.807, 2.05) is 48.5 Å². The Morgan fingerprint density at radius 2 is 1.73 bits per heavy atom. The van der Waals surface area contributed by atoms with Crippen molar-refractivity contribution in [1.82, 2.24) is 0 Å². The third kappa shape index (κ3) is 1.88. The number of anilines is 1. The number of benzene rings is 2. The number of fused-ring (bicyclic) bond motifs is 2. The number of halogens is 1. The summed E-state index contributed by atoms with van der Waals surface area (Å²) < 4.78 is 11.4. The first-order valence-corrected chi connectivity index (χ1v) is 7.53. The van der Waals surface area contributed by atoms with Gasteiger partial charge in [-0.2, -0.15) is 0 Å². The molecule has 0 atom stereocenters. The van der Waals surface area contributed by atoms with E-state index in [1.54, 1.807) is 4.90 Å². The van der Waals surface area contributed by atoms with Crippen LogP contribution in [0, 0.1) is 0 Å². The average Bonchev–Trinajstić information content (AvgIpc) is 3.11. The maximum Gasteiger partial charge on any atom is 0.292 e. The molecule has 0 N–H and O–H groups in total. The van der Waals surface area contributed by atoms with Crippen molar-refractivity contribution in [2.45, 2.75) is 12.3 Å². The first-order chi connectivity index (χ1) is 10.7. The predicted molar refractivity (Wildman–Crippen MR) is 82.7 cm³/mol. The van der Waals surface area contributed by atoms with Crippen molar-refractivity contribution in [3.05, 3.63) is 64.7 Å². The fourth-order valence-corrected chi connectivity index (χ4v) is 3.23. The zero-order valence-electron chi connectivity index (χ0n) is 11.8. The molecule has 2 aromatic carbocycles. The van der Waals surface area contributed by atoms with Gasteiger partial charge in [-0.25, -0.2) is 0 Å². The Morgan fingerprint density at radius 1 is 1.05 bits per heavy atom. The first-order valence-electron chi connectivity index (χ1n) is 7.15. The van der Waals surface area contributed by atoms with E-state index in [0.29, 0.717) is 24.8 Å². The number of hydrogen-bond donors (Lipinski definition) is 0. The summed E-state index contributed by atoms with van der Waals surface area (Å²) in [5.41, 5.74) is 2.47. The van der Waals surface area contributed by atoms with Gasteiger partial charge in [-0.3, -0.25) is 4.79 Å². The number of carbonyl (C=O) groups is 1. The van der Waals surface area contributed by atoms with Crippen LogP contribution in [0.2, 0.25) is 5.02 Å². The van der Waals surface area contributed by atoms with Gasteiger partial charge in [0, 0.05) is 10.6 Å². The van der Waals surface area contributed by atoms with E-state index in [2.05, 4.69) is 0 Å². The van der Waals surface area contributed by atoms with Crippen LogP contribution in [0.15, 0.2) is 48.5 Å². The highest BCUT2D eigenvalue weighted by atomic mass is 35.5. The molecule has 0 aromatic heterocycles. The maximum absolute atomic E-state index is 12.9. The number of nitrogens with zero attached hydrogens (tertiary/aromatic N) is 1. The van der Waals surface area contributed by atoms with E-state index < -0.39 is 5.79 Å². The molecule has 2 aromatic rings. The molecule has 2 heterocycles. The molecule has 1 fully saturated rings. The third-order valence-electron chi connectivity index (χ3n) is 4.06. The van der Waals surface area contributed by atoms with Crippen LogP contribution >= 0.6 is 11.6 Å². The highest BCUT2D eigenvalue weighted by Gasteiger charge is 2.55. The van der Waals surface area contributed by atoms with Gasteiger partial charge in [0.05, 0.1) is 25.4 Å². The lowest BCUT2D eigenvalue weighted by Gasteiger charge is -2.22. The summed E-state index contributed by atoms with van der Waals surface area (Å²) in [4.78, 5) is 14.6. The minimum atomic E-state index is -1.28. The van der Waals surface area contributed by atoms with Crippen LogP contribution in [-0.4, -0.2) is 19.1 Å². The quantitative estimate of drug-likeness (QED) is 0.855. The predicted octanol–water partition coefficient (Wildman–Crippen LogP) is 3.09. The Kier molecular flexibility index (Phi) is 3.18. The summed E-state index contributed by atoms with van der Waals surface area (Å²) in [6, 6.07) is 15.1. The molecule has 2 aliphatic heterocycles. The number of ether oxygens (including phenoxy) is 2. The summed E-state index contributed by atoms with van der Waals surface area (Å²) in [5.74, 6) is -1.47. The van der Waals surface area contributed by atoms with Gasteiger partial charge < -0.3 is 14.4 Å². The molecule has 0 unspecified atom stereocenters. The monoisotopic (exact) mass is 315 g/mol. The topological polar surface area (TPSA) is 38.8 Å². The van der Waals surface area contributed by atoms with Crippen molar-refractivity contribution in [3.8, 4) is 0 Å². The van der Waals surface area contributed by atoms with Crippen molar-refractivity contribution in [2.75, 3.05) is 18.1 Å². The average molecular weight is 316 g/mol. The second-order valence-electron chi connectivity index (χ2n) is 5.31. The van der Waals surface area contributed by atoms with E-state index in [-0.39, 0.29) is 5.91 Å². The molecule has 0 aliphatic carbocycles. The highest BCUT2D eigenvalue weighted by Crippen LogP contribution is 2.46. The minimum absolute atomic E-state index is 0.189. The molecular weight excluding hydrogens is 302 g/mol. The summed E-state index contributed by atoms with van der Waals surface area (Å²) in [7, 11) is 0. The first kappa shape index (κ1) is 13.8. The fourth-order valence-electron chi connectivity index (χ4n) is 3.03. The number of hydrogen-bond acceptors (Lipinski definition) is 3. The van der Waals surface area contributed by atoms with Crippen molar-refractivity contribution in [2.24, 2.45) is 0 Å². The van der Waals surface area contributed by atoms with Crippen molar-refractivity contribution >= 4 is 23.2 Å². The van der Waals surface area contributed by atoms with Crippen LogP contribution in [0.3, 0.4) is 0 Å². The van der Waals surface area contributed by atoms with Crippen LogP contribution in [0.5, 0.6) is 0 Å². The molecular formula is C17H14ClNO3. The summed E-state index contributed by atoms with van der Waals surface area (Å²) in [6.07, 6.45) is 0. The van der Waals surface area contributed by atoms with Crippen LogP contribution in [0.1, 0.15) is 11.1 Å². The van der Waals surface area contributed by atoms with Gasteiger partial charge in [0.1, 0.15) is 0 Å². The van der Waals surface area contributed by atoms with Gasteiger partial charge in [0.25, 0.3) is 11.7 Å². The van der Waals surface area contributed by atoms with Crippen LogP contribution in [-0.2, 0) is 26.6 Å². The third-order valence-corrected chi connectivity index (χ3v) is 4.43. The zero-order valence-corrected chi connectivity index (χ0v) is 12.5. The lowest BCUT2D eigenvalue weighted by molar-refractivity contribution is -0.180. The van der Waals surface area contributed by atoms with Gasteiger partial charge in [-0.15, -0.1) is 0 Å². The van der Waals surface area contributed by atoms with Gasteiger partial charge >= 0.3 is 0 Å². The largest absolute Gasteiger partial charge is 0.336 e. The van der Waals surface area contributed by atoms with Crippen LogP contribution in [0.25, 0.3) is 0 Å². The molecule has 0 radical (unpaired) electrons. The minimum Gasteiger partial charge on any atom is -0.336 e. The van der Waals surface area contributed by atoms with Crippen molar-refractivity contribution in [3.63, 3.8) is 0 Å². The van der Waals surface area contributed by atoms with E-state index in [9.17, 15) is 4.79 Å². The normalized spacial score (nSPS) is 19.0. The Balaban J connectivity index is 1.78. The molecule has 1 amide bonds. The molecule has 4 nitrogen and oxygen atoms in total. The Bertz CT molecular complexity index is 740. The maximum atomic E-state index is 12.9. The van der Waals surface area contributed by atoms with Crippen LogP contribution in [0.4, 0.5) is 5.69 Å². The second kappa shape index (κ2) is 5.09. The molecule has 22 heavy (non-hydrogen) atoms. The van der Waals surface area contributed by atoms with Gasteiger partial charge in [-0.05, 0) is 17.7 Å². The van der Waals surface area contributed by atoms with Crippen molar-refractivity contribution in [1.29, 1.82) is 0 Å². The van der Waals surface area contributed by atoms with E-state index in [0.717, 1.165) is 16.8 Å². The Hall–Kier alpha value is -1.88. The molecule has 0 saturated carbocycles. The second-order valence-corrected chi connectivity index (χ2v) is 5.72. The van der Waals surface area contributed by atoms with Crippen LogP contribution < -0.4 is 4.90 Å². The smallest absolute Gasteiger partial charge is 0.292 e. The SMILES string of the molecule is O=C1N(Cc2ccccc2Cl)c2ccccc2C12OCCO2. The summed E-state index contributed by atoms with van der Waals surface area (Å²) in [5, 5.41) is 0.641. The van der Waals surface area contributed by atoms with Gasteiger partial charge in [0.2, 0.25) is 0 Å². The lowest BCUT2D eigenvalue weighted by Crippen LogP contribution is -2.40. The van der Waals surface area contributed by atoms with Gasteiger partial charge in [-0.1, -0.05) is 48.0 Å². The summed E-state index contributed by atoms with van der Waals surface area (Å²) >= 11 is 6.23. The van der Waals surface area contributed by atoms with Crippen molar-refractivity contribution < 1.29 is 14.3 Å². The number of rotatable bonds is 2. The molecule has 1 spiro atoms. The zero-order chi connectivity index (χ0) is 15.2. The Labute approximate surface area is 133 Å². The van der Waals surface area contributed by atoms with Gasteiger partial charge in [0.15, 0.2) is 0 Å². The summed E-state index contributed by atoms with van der Waals surface area (Å²) in [6.45, 7) is 1.23.